The van der Waals surface area contributed by atoms with Crippen molar-refractivity contribution in [3.05, 3.63) is 68.6 Å². The van der Waals surface area contributed by atoms with Crippen molar-refractivity contribution in [1.82, 2.24) is 14.0 Å². The molecule has 2 aromatic carbocycles. The van der Waals surface area contributed by atoms with Gasteiger partial charge in [0.05, 0.1) is 11.0 Å². The molecule has 0 N–H and O–H groups in total. The number of nitrogens with zero attached hydrogens (tertiary/aromatic N) is 3. The zero-order valence-corrected chi connectivity index (χ0v) is 18.6. The molecule has 29 heavy (non-hydrogen) atoms. The molecule has 1 aliphatic carbocycles. The minimum Gasteiger partial charge on any atom is -0.301 e. The molecule has 2 heterocycles. The van der Waals surface area contributed by atoms with E-state index in [-0.39, 0.29) is 18.1 Å². The largest absolute Gasteiger partial charge is 0.328 e. The predicted octanol–water partition coefficient (Wildman–Crippen LogP) is 4.80. The van der Waals surface area contributed by atoms with E-state index in [0.717, 1.165) is 47.5 Å². The van der Waals surface area contributed by atoms with Gasteiger partial charge in [0.15, 0.2) is 0 Å². The van der Waals surface area contributed by atoms with Gasteiger partial charge in [-0.1, -0.05) is 35.3 Å². The Kier molecular flexibility index (Phi) is 5.73. The Morgan fingerprint density at radius 3 is 2.45 bits per heavy atom. The molecular formula is C22H24Cl3N3O. The van der Waals surface area contributed by atoms with Crippen LogP contribution in [-0.4, -0.2) is 33.7 Å². The maximum atomic E-state index is 12.7. The molecule has 0 radical (unpaired) electrons. The van der Waals surface area contributed by atoms with Gasteiger partial charge in [-0.2, -0.15) is 0 Å². The quantitative estimate of drug-likeness (QED) is 0.569. The SMILES string of the molecule is Cl.Cn1c(=O)n(CCN2C[C@H]3C[C@H](c4ccc(Cl)cc4)[C@H]3C2)c2cc(Cl)ccc21. The number of fused-ring (bicyclic) bond motifs is 2. The van der Waals surface area contributed by atoms with Crippen LogP contribution in [0.15, 0.2) is 47.3 Å². The van der Waals surface area contributed by atoms with Crippen LogP contribution in [-0.2, 0) is 13.6 Å². The number of aryl methyl sites for hydroxylation is 1. The topological polar surface area (TPSA) is 30.2 Å². The van der Waals surface area contributed by atoms with Crippen LogP contribution in [0.5, 0.6) is 0 Å². The van der Waals surface area contributed by atoms with Gasteiger partial charge in [-0.25, -0.2) is 4.79 Å². The molecule has 5 rings (SSSR count). The first kappa shape index (κ1) is 20.8. The van der Waals surface area contributed by atoms with Gasteiger partial charge in [0.25, 0.3) is 0 Å². The first-order chi connectivity index (χ1) is 13.5. The van der Waals surface area contributed by atoms with E-state index >= 15 is 0 Å². The standard InChI is InChI=1S/C22H23Cl2N3O.ClH/c1-25-20-7-6-17(24)11-21(20)27(22(25)28)9-8-26-12-15-10-18(19(15)13-26)14-2-4-16(23)5-3-14;/h2-7,11,15,18-19H,8-10,12-13H2,1H3;1H/t15-,18-,19+;/m1./s1. The normalized spacial score (nSPS) is 23.6. The maximum absolute atomic E-state index is 12.7. The van der Waals surface area contributed by atoms with Crippen molar-refractivity contribution < 1.29 is 0 Å². The van der Waals surface area contributed by atoms with E-state index < -0.39 is 0 Å². The van der Waals surface area contributed by atoms with Gasteiger partial charge in [-0.3, -0.25) is 9.13 Å². The molecular weight excluding hydrogens is 429 g/mol. The highest BCUT2D eigenvalue weighted by Crippen LogP contribution is 2.51. The lowest BCUT2D eigenvalue weighted by Crippen LogP contribution is -2.33. The Labute approximate surface area is 186 Å². The first-order valence-corrected chi connectivity index (χ1v) is 10.6. The lowest BCUT2D eigenvalue weighted by molar-refractivity contribution is 0.191. The molecule has 0 amide bonds. The average molecular weight is 453 g/mol. The molecule has 2 fully saturated rings. The Balaban J connectivity index is 0.00000205. The van der Waals surface area contributed by atoms with Gasteiger partial charge in [-0.15, -0.1) is 12.4 Å². The van der Waals surface area contributed by atoms with Crippen molar-refractivity contribution in [2.45, 2.75) is 18.9 Å². The Bertz CT molecular complexity index is 1090. The Hall–Kier alpha value is -1.46. The van der Waals surface area contributed by atoms with E-state index in [4.69, 9.17) is 23.2 Å². The van der Waals surface area contributed by atoms with Crippen molar-refractivity contribution >= 4 is 46.6 Å². The average Bonchev–Trinajstić information content (AvgIpc) is 3.10. The van der Waals surface area contributed by atoms with Crippen LogP contribution < -0.4 is 5.69 Å². The second-order valence-electron chi connectivity index (χ2n) is 8.20. The molecule has 3 atom stereocenters. The van der Waals surface area contributed by atoms with Gasteiger partial charge in [-0.05, 0) is 60.1 Å². The van der Waals surface area contributed by atoms with E-state index in [9.17, 15) is 4.79 Å². The molecule has 1 saturated heterocycles. The van der Waals surface area contributed by atoms with Gasteiger partial charge >= 0.3 is 5.69 Å². The summed E-state index contributed by atoms with van der Waals surface area (Å²) >= 11 is 12.2. The Morgan fingerprint density at radius 1 is 0.966 bits per heavy atom. The minimum atomic E-state index is 0. The van der Waals surface area contributed by atoms with Gasteiger partial charge < -0.3 is 4.90 Å². The van der Waals surface area contributed by atoms with E-state index in [0.29, 0.717) is 17.5 Å². The third-order valence-corrected chi connectivity index (χ3v) is 7.17. The van der Waals surface area contributed by atoms with Crippen molar-refractivity contribution in [2.75, 3.05) is 19.6 Å². The number of hydrogen-bond acceptors (Lipinski definition) is 2. The van der Waals surface area contributed by atoms with Crippen molar-refractivity contribution in [1.29, 1.82) is 0 Å². The lowest BCUT2D eigenvalue weighted by Gasteiger charge is -2.40. The zero-order chi connectivity index (χ0) is 19.4. The van der Waals surface area contributed by atoms with Crippen LogP contribution in [0.1, 0.15) is 17.9 Å². The fraction of sp³-hybridized carbons (Fsp3) is 0.409. The molecule has 3 aromatic rings. The van der Waals surface area contributed by atoms with E-state index in [1.54, 1.807) is 4.57 Å². The van der Waals surface area contributed by atoms with Crippen LogP contribution >= 0.6 is 35.6 Å². The molecule has 4 nitrogen and oxygen atoms in total. The number of imidazole rings is 1. The van der Waals surface area contributed by atoms with Gasteiger partial charge in [0.2, 0.25) is 0 Å². The van der Waals surface area contributed by atoms with Crippen LogP contribution in [0.25, 0.3) is 11.0 Å². The molecule has 2 aliphatic rings. The van der Waals surface area contributed by atoms with Crippen molar-refractivity contribution in [2.24, 2.45) is 18.9 Å². The highest BCUT2D eigenvalue weighted by molar-refractivity contribution is 6.31. The molecule has 0 spiro atoms. The number of likely N-dealkylation sites (tertiary alicyclic amines) is 1. The third-order valence-electron chi connectivity index (χ3n) is 6.69. The van der Waals surface area contributed by atoms with E-state index in [1.165, 1.54) is 12.0 Å². The zero-order valence-electron chi connectivity index (χ0n) is 16.2. The van der Waals surface area contributed by atoms with Crippen LogP contribution in [0.3, 0.4) is 0 Å². The lowest BCUT2D eigenvalue weighted by atomic mass is 9.64. The summed E-state index contributed by atoms with van der Waals surface area (Å²) < 4.78 is 3.56. The molecule has 1 aliphatic heterocycles. The maximum Gasteiger partial charge on any atom is 0.328 e. The number of rotatable bonds is 4. The first-order valence-electron chi connectivity index (χ1n) is 9.84. The molecule has 1 aromatic heterocycles. The highest BCUT2D eigenvalue weighted by atomic mass is 35.5. The number of halogens is 3. The fourth-order valence-electron chi connectivity index (χ4n) is 5.12. The molecule has 0 unspecified atom stereocenters. The fourth-order valence-corrected chi connectivity index (χ4v) is 5.41. The summed E-state index contributed by atoms with van der Waals surface area (Å²) in [6.45, 7) is 3.83. The summed E-state index contributed by atoms with van der Waals surface area (Å²) in [5, 5.41) is 1.46. The Morgan fingerprint density at radius 2 is 1.69 bits per heavy atom. The summed E-state index contributed by atoms with van der Waals surface area (Å²) in [5.41, 5.74) is 3.28. The van der Waals surface area contributed by atoms with Crippen LogP contribution in [0.4, 0.5) is 0 Å². The van der Waals surface area contributed by atoms with Crippen molar-refractivity contribution in [3.8, 4) is 0 Å². The molecule has 0 bridgehead atoms. The van der Waals surface area contributed by atoms with Gasteiger partial charge in [0, 0.05) is 43.3 Å². The number of aromatic nitrogens is 2. The smallest absolute Gasteiger partial charge is 0.301 e. The molecule has 1 saturated carbocycles. The second kappa shape index (κ2) is 7.99. The second-order valence-corrected chi connectivity index (χ2v) is 9.08. The number of benzene rings is 2. The summed E-state index contributed by atoms with van der Waals surface area (Å²) in [6, 6.07) is 14.0. The molecule has 154 valence electrons. The minimum absolute atomic E-state index is 0. The monoisotopic (exact) mass is 451 g/mol. The summed E-state index contributed by atoms with van der Waals surface area (Å²) in [6.07, 6.45) is 1.26. The summed E-state index contributed by atoms with van der Waals surface area (Å²) in [5.74, 6) is 2.14. The van der Waals surface area contributed by atoms with Crippen molar-refractivity contribution in [3.63, 3.8) is 0 Å². The summed E-state index contributed by atoms with van der Waals surface area (Å²) in [4.78, 5) is 15.2. The highest BCUT2D eigenvalue weighted by Gasteiger charge is 2.47. The third kappa shape index (κ3) is 3.61. The van der Waals surface area contributed by atoms with Gasteiger partial charge in [0.1, 0.15) is 0 Å². The number of hydrogen-bond donors (Lipinski definition) is 0. The van der Waals surface area contributed by atoms with E-state index in [1.807, 2.05) is 41.9 Å². The predicted molar refractivity (Wildman–Crippen MR) is 122 cm³/mol. The van der Waals surface area contributed by atoms with Crippen LogP contribution in [0.2, 0.25) is 10.0 Å². The van der Waals surface area contributed by atoms with E-state index in [2.05, 4.69) is 17.0 Å². The summed E-state index contributed by atoms with van der Waals surface area (Å²) in [7, 11) is 1.82. The van der Waals surface area contributed by atoms with Crippen LogP contribution in [0, 0.1) is 11.8 Å². The molecule has 7 heteroatoms.